The molecule has 0 atom stereocenters. The zero-order valence-electron chi connectivity index (χ0n) is 6.10. The molecule has 1 heterocycles. The van der Waals surface area contributed by atoms with Crippen molar-refractivity contribution in [2.45, 2.75) is 6.92 Å². The van der Waals surface area contributed by atoms with Gasteiger partial charge in [0.05, 0.1) is 0 Å². The molecule has 0 amide bonds. The third-order valence-corrected chi connectivity index (χ3v) is 2.79. The van der Waals surface area contributed by atoms with Crippen molar-refractivity contribution >= 4 is 21.4 Å². The minimum absolute atomic E-state index is 0.102. The number of benzene rings is 1. The van der Waals surface area contributed by atoms with Crippen LogP contribution in [0.1, 0.15) is 5.56 Å². The molecule has 0 N–H and O–H groups in total. The molecule has 0 fully saturated rings. The van der Waals surface area contributed by atoms with Crippen molar-refractivity contribution in [3.05, 3.63) is 35.0 Å². The number of hydrogen-bond acceptors (Lipinski definition) is 1. The molecule has 11 heavy (non-hydrogen) atoms. The highest BCUT2D eigenvalue weighted by Gasteiger charge is 2.01. The first-order chi connectivity index (χ1) is 5.27. The van der Waals surface area contributed by atoms with Gasteiger partial charge in [-0.1, -0.05) is 18.2 Å². The summed E-state index contributed by atoms with van der Waals surface area (Å²) >= 11 is 1.21. The van der Waals surface area contributed by atoms with Crippen LogP contribution >= 0.6 is 11.3 Å². The van der Waals surface area contributed by atoms with Crippen LogP contribution in [0.3, 0.4) is 0 Å². The molecule has 0 saturated heterocycles. The lowest BCUT2D eigenvalue weighted by Gasteiger charge is -1.91. The van der Waals surface area contributed by atoms with E-state index in [-0.39, 0.29) is 5.13 Å². The fourth-order valence-corrected chi connectivity index (χ4v) is 2.03. The highest BCUT2D eigenvalue weighted by molar-refractivity contribution is 7.17. The van der Waals surface area contributed by atoms with Gasteiger partial charge in [-0.05, 0) is 23.9 Å². The van der Waals surface area contributed by atoms with E-state index in [2.05, 4.69) is 0 Å². The lowest BCUT2D eigenvalue weighted by molar-refractivity contribution is 0.658. The Hall–Kier alpha value is -0.890. The van der Waals surface area contributed by atoms with Crippen molar-refractivity contribution in [2.24, 2.45) is 0 Å². The van der Waals surface area contributed by atoms with Gasteiger partial charge in [-0.15, -0.1) is 11.3 Å². The van der Waals surface area contributed by atoms with Gasteiger partial charge < -0.3 is 0 Å². The summed E-state index contributed by atoms with van der Waals surface area (Å²) in [6.07, 6.45) is 0. The number of fused-ring (bicyclic) bond motifs is 1. The maximum atomic E-state index is 12.7. The Balaban J connectivity index is 2.90. The van der Waals surface area contributed by atoms with Crippen molar-refractivity contribution in [3.8, 4) is 0 Å². The Bertz CT molecular complexity index is 389. The van der Waals surface area contributed by atoms with Gasteiger partial charge in [0.1, 0.15) is 0 Å². The van der Waals surface area contributed by atoms with E-state index in [1.165, 1.54) is 11.3 Å². The van der Waals surface area contributed by atoms with Crippen LogP contribution in [0.5, 0.6) is 0 Å². The van der Waals surface area contributed by atoms with Crippen LogP contribution < -0.4 is 0 Å². The van der Waals surface area contributed by atoms with Crippen LogP contribution in [0.4, 0.5) is 4.39 Å². The smallest absolute Gasteiger partial charge is 0.177 e. The van der Waals surface area contributed by atoms with E-state index in [9.17, 15) is 4.39 Å². The molecule has 1 aromatic heterocycles. The zero-order valence-corrected chi connectivity index (χ0v) is 6.91. The molecule has 56 valence electrons. The fourth-order valence-electron chi connectivity index (χ4n) is 1.18. The standard InChI is InChI=1S/C9H7FS/c1-6-3-2-4-7-5-8(10)11-9(6)7/h2-5H,1H3. The Labute approximate surface area is 68.3 Å². The van der Waals surface area contributed by atoms with Crippen LogP contribution in [-0.4, -0.2) is 0 Å². The second-order valence-electron chi connectivity index (χ2n) is 2.54. The molecule has 0 aliphatic heterocycles. The summed E-state index contributed by atoms with van der Waals surface area (Å²) in [5, 5.41) is 0.904. The normalized spacial score (nSPS) is 10.7. The molecular weight excluding hydrogens is 159 g/mol. The highest BCUT2D eigenvalue weighted by Crippen LogP contribution is 2.26. The van der Waals surface area contributed by atoms with Crippen molar-refractivity contribution in [1.29, 1.82) is 0 Å². The molecule has 2 rings (SSSR count). The molecule has 2 aromatic rings. The summed E-state index contributed by atoms with van der Waals surface area (Å²) in [6, 6.07) is 7.46. The van der Waals surface area contributed by atoms with Gasteiger partial charge in [0.15, 0.2) is 5.13 Å². The van der Waals surface area contributed by atoms with Crippen molar-refractivity contribution in [2.75, 3.05) is 0 Å². The monoisotopic (exact) mass is 166 g/mol. The summed E-state index contributed by atoms with van der Waals surface area (Å²) in [6.45, 7) is 2.00. The maximum Gasteiger partial charge on any atom is 0.177 e. The number of halogens is 1. The topological polar surface area (TPSA) is 0 Å². The molecule has 1 aromatic carbocycles. The third kappa shape index (κ3) is 1.03. The molecule has 0 aliphatic rings. The molecule has 0 spiro atoms. The lowest BCUT2D eigenvalue weighted by Crippen LogP contribution is -1.67. The summed E-state index contributed by atoms with van der Waals surface area (Å²) in [7, 11) is 0. The van der Waals surface area contributed by atoms with Gasteiger partial charge in [0.25, 0.3) is 0 Å². The van der Waals surface area contributed by atoms with E-state index >= 15 is 0 Å². The Morgan fingerprint density at radius 2 is 2.18 bits per heavy atom. The van der Waals surface area contributed by atoms with E-state index in [0.717, 1.165) is 15.6 Å². The van der Waals surface area contributed by atoms with Gasteiger partial charge in [-0.3, -0.25) is 0 Å². The predicted molar refractivity (Wildman–Crippen MR) is 46.5 cm³/mol. The molecule has 0 nitrogen and oxygen atoms in total. The van der Waals surface area contributed by atoms with E-state index in [4.69, 9.17) is 0 Å². The van der Waals surface area contributed by atoms with Gasteiger partial charge in [-0.25, -0.2) is 0 Å². The van der Waals surface area contributed by atoms with Crippen LogP contribution in [-0.2, 0) is 0 Å². The number of aryl methyl sites for hydroxylation is 1. The van der Waals surface area contributed by atoms with E-state index < -0.39 is 0 Å². The van der Waals surface area contributed by atoms with Gasteiger partial charge in [-0.2, -0.15) is 4.39 Å². The molecule has 0 radical (unpaired) electrons. The summed E-state index contributed by atoms with van der Waals surface area (Å²) in [4.78, 5) is 0. The van der Waals surface area contributed by atoms with E-state index in [0.29, 0.717) is 0 Å². The van der Waals surface area contributed by atoms with Crippen molar-refractivity contribution in [1.82, 2.24) is 0 Å². The zero-order chi connectivity index (χ0) is 7.84. The Kier molecular flexibility index (Phi) is 1.43. The van der Waals surface area contributed by atoms with Crippen molar-refractivity contribution in [3.63, 3.8) is 0 Å². The van der Waals surface area contributed by atoms with Crippen LogP contribution in [0.25, 0.3) is 10.1 Å². The third-order valence-electron chi connectivity index (χ3n) is 1.71. The number of rotatable bonds is 0. The number of hydrogen-bond donors (Lipinski definition) is 0. The van der Waals surface area contributed by atoms with Crippen LogP contribution in [0, 0.1) is 12.1 Å². The van der Waals surface area contributed by atoms with Crippen LogP contribution in [0.15, 0.2) is 24.3 Å². The SMILES string of the molecule is Cc1cccc2cc(F)sc12. The summed E-state index contributed by atoms with van der Waals surface area (Å²) < 4.78 is 13.8. The molecular formula is C9H7FS. The fraction of sp³-hybridized carbons (Fsp3) is 0.111. The summed E-state index contributed by atoms with van der Waals surface area (Å²) in [5.41, 5.74) is 1.15. The van der Waals surface area contributed by atoms with E-state index in [1.54, 1.807) is 6.07 Å². The second-order valence-corrected chi connectivity index (χ2v) is 3.55. The summed E-state index contributed by atoms with van der Waals surface area (Å²) in [5.74, 6) is 0. The second kappa shape index (κ2) is 2.31. The molecule has 2 heteroatoms. The average Bonchev–Trinajstić information content (AvgIpc) is 2.31. The Morgan fingerprint density at radius 1 is 1.36 bits per heavy atom. The largest absolute Gasteiger partial charge is 0.195 e. The first kappa shape index (κ1) is 6.80. The van der Waals surface area contributed by atoms with Gasteiger partial charge in [0, 0.05) is 4.70 Å². The van der Waals surface area contributed by atoms with E-state index in [1.807, 2.05) is 25.1 Å². The maximum absolute atomic E-state index is 12.7. The molecule has 0 aliphatic carbocycles. The highest BCUT2D eigenvalue weighted by atomic mass is 32.1. The van der Waals surface area contributed by atoms with Crippen LogP contribution in [0.2, 0.25) is 0 Å². The van der Waals surface area contributed by atoms with Gasteiger partial charge in [0.2, 0.25) is 0 Å². The minimum atomic E-state index is -0.102. The Morgan fingerprint density at radius 3 is 2.91 bits per heavy atom. The lowest BCUT2D eigenvalue weighted by atomic mass is 10.2. The first-order valence-electron chi connectivity index (χ1n) is 3.42. The molecule has 0 unspecified atom stereocenters. The molecule has 0 saturated carbocycles. The molecule has 0 bridgehead atoms. The first-order valence-corrected chi connectivity index (χ1v) is 4.24. The van der Waals surface area contributed by atoms with Gasteiger partial charge >= 0.3 is 0 Å². The predicted octanol–water partition coefficient (Wildman–Crippen LogP) is 3.35. The average molecular weight is 166 g/mol. The van der Waals surface area contributed by atoms with Crippen molar-refractivity contribution < 1.29 is 4.39 Å². The minimum Gasteiger partial charge on any atom is -0.195 e. The number of thiophene rings is 1. The quantitative estimate of drug-likeness (QED) is 0.563.